The number of fused-ring (bicyclic) bond motifs is 5. The highest BCUT2D eigenvalue weighted by Gasteiger charge is 2.67. The SMILES string of the molecule is C[C@]12CC[C@H](N(CCO)C(=O)N3CCOCC3)C[C@H]1CC[C@@H]1[C@@H]2CC[C@]2(C)[C@@H](c3ccc(=O)oc3)CC[C@]12O. The van der Waals surface area contributed by atoms with Gasteiger partial charge >= 0.3 is 11.7 Å². The zero-order valence-electron chi connectivity index (χ0n) is 23.6. The van der Waals surface area contributed by atoms with Crippen LogP contribution in [0, 0.1) is 28.6 Å². The van der Waals surface area contributed by atoms with Gasteiger partial charge in [0.2, 0.25) is 0 Å². The average molecular weight is 543 g/mol. The largest absolute Gasteiger partial charge is 0.431 e. The molecule has 2 amide bonds. The quantitative estimate of drug-likeness (QED) is 0.596. The van der Waals surface area contributed by atoms with Gasteiger partial charge in [-0.2, -0.15) is 0 Å². The molecule has 8 heteroatoms. The van der Waals surface area contributed by atoms with Crippen LogP contribution in [0.4, 0.5) is 4.79 Å². The molecule has 1 aromatic heterocycles. The van der Waals surface area contributed by atoms with E-state index in [0.29, 0.717) is 44.7 Å². The summed E-state index contributed by atoms with van der Waals surface area (Å²) >= 11 is 0. The Morgan fingerprint density at radius 3 is 2.56 bits per heavy atom. The summed E-state index contributed by atoms with van der Waals surface area (Å²) in [5.74, 6) is 1.47. The number of nitrogens with zero attached hydrogens (tertiary/aromatic N) is 2. The van der Waals surface area contributed by atoms with Gasteiger partial charge in [-0.1, -0.05) is 13.8 Å². The Kier molecular flexibility index (Phi) is 7.12. The number of aliphatic hydroxyl groups is 2. The third-order valence-electron chi connectivity index (χ3n) is 12.3. The molecule has 0 aromatic carbocycles. The Hall–Kier alpha value is -1.90. The summed E-state index contributed by atoms with van der Waals surface area (Å²) in [6.45, 7) is 7.50. The minimum absolute atomic E-state index is 0.0170. The first-order valence-electron chi connectivity index (χ1n) is 15.3. The number of hydrogen-bond donors (Lipinski definition) is 2. The molecule has 5 aliphatic rings. The maximum absolute atomic E-state index is 13.5. The number of amides is 2. The predicted molar refractivity (Wildman–Crippen MR) is 146 cm³/mol. The van der Waals surface area contributed by atoms with Crippen LogP contribution in [0.1, 0.15) is 83.1 Å². The summed E-state index contributed by atoms with van der Waals surface area (Å²) in [7, 11) is 0. The van der Waals surface area contributed by atoms with E-state index >= 15 is 0 Å². The fourth-order valence-corrected chi connectivity index (χ4v) is 10.1. The molecule has 39 heavy (non-hydrogen) atoms. The highest BCUT2D eigenvalue weighted by atomic mass is 16.5. The van der Waals surface area contributed by atoms with Gasteiger partial charge in [0, 0.05) is 37.2 Å². The van der Waals surface area contributed by atoms with E-state index in [-0.39, 0.29) is 47.0 Å². The second-order valence-electron chi connectivity index (χ2n) is 13.6. The van der Waals surface area contributed by atoms with Crippen LogP contribution in [0.25, 0.3) is 0 Å². The molecule has 2 heterocycles. The van der Waals surface area contributed by atoms with E-state index in [4.69, 9.17) is 9.15 Å². The lowest BCUT2D eigenvalue weighted by atomic mass is 9.43. The number of rotatable bonds is 4. The predicted octanol–water partition coefficient (Wildman–Crippen LogP) is 4.00. The van der Waals surface area contributed by atoms with E-state index in [1.807, 2.05) is 15.9 Å². The molecule has 0 spiro atoms. The Morgan fingerprint density at radius 1 is 1.05 bits per heavy atom. The van der Waals surface area contributed by atoms with Crippen LogP contribution in [0.2, 0.25) is 0 Å². The molecule has 0 bridgehead atoms. The van der Waals surface area contributed by atoms with E-state index in [0.717, 1.165) is 63.4 Å². The number of carbonyl (C=O) groups is 1. The third-order valence-corrected chi connectivity index (χ3v) is 12.3. The van der Waals surface area contributed by atoms with Crippen LogP contribution in [0.15, 0.2) is 27.6 Å². The van der Waals surface area contributed by atoms with Gasteiger partial charge in [-0.15, -0.1) is 0 Å². The molecule has 2 N–H and O–H groups in total. The number of carbonyl (C=O) groups excluding carboxylic acids is 1. The first-order valence-corrected chi connectivity index (χ1v) is 15.3. The summed E-state index contributed by atoms with van der Waals surface area (Å²) in [5.41, 5.74) is -0.0675. The molecule has 1 aliphatic heterocycles. The molecule has 6 rings (SSSR count). The van der Waals surface area contributed by atoms with Crippen molar-refractivity contribution in [2.75, 3.05) is 39.5 Å². The monoisotopic (exact) mass is 542 g/mol. The van der Waals surface area contributed by atoms with Crippen molar-refractivity contribution in [2.24, 2.45) is 28.6 Å². The Bertz CT molecular complexity index is 1100. The number of morpholine rings is 1. The maximum Gasteiger partial charge on any atom is 0.335 e. The summed E-state index contributed by atoms with van der Waals surface area (Å²) in [5, 5.41) is 22.3. The molecule has 1 saturated heterocycles. The van der Waals surface area contributed by atoms with Gasteiger partial charge in [0.05, 0.1) is 31.7 Å². The van der Waals surface area contributed by atoms with E-state index in [1.165, 1.54) is 6.07 Å². The van der Waals surface area contributed by atoms with E-state index < -0.39 is 5.60 Å². The van der Waals surface area contributed by atoms with Crippen LogP contribution in [-0.2, 0) is 4.74 Å². The second-order valence-corrected chi connectivity index (χ2v) is 13.6. The van der Waals surface area contributed by atoms with E-state index in [1.54, 1.807) is 6.26 Å². The van der Waals surface area contributed by atoms with Gasteiger partial charge < -0.3 is 29.2 Å². The average Bonchev–Trinajstić information content (AvgIpc) is 3.23. The van der Waals surface area contributed by atoms with Crippen LogP contribution in [-0.4, -0.2) is 77.1 Å². The molecule has 0 radical (unpaired) electrons. The van der Waals surface area contributed by atoms with Crippen LogP contribution in [0.3, 0.4) is 0 Å². The lowest BCUT2D eigenvalue weighted by molar-refractivity contribution is -0.203. The minimum atomic E-state index is -0.712. The Labute approximate surface area is 231 Å². The van der Waals surface area contributed by atoms with Crippen molar-refractivity contribution < 1.29 is 24.2 Å². The zero-order chi connectivity index (χ0) is 27.4. The molecule has 8 atom stereocenters. The first-order chi connectivity index (χ1) is 18.7. The van der Waals surface area contributed by atoms with Gasteiger partial charge in [-0.05, 0) is 98.5 Å². The van der Waals surface area contributed by atoms with Crippen LogP contribution >= 0.6 is 0 Å². The Balaban J connectivity index is 1.20. The van der Waals surface area contributed by atoms with Crippen molar-refractivity contribution in [3.63, 3.8) is 0 Å². The summed E-state index contributed by atoms with van der Waals surface area (Å²) < 4.78 is 10.7. The standard InChI is InChI=1S/C31H46N2O6/c1-29-10-7-23(33(13-16-34)28(36)32-14-17-38-18-15-32)19-22(29)4-5-26-25(29)8-11-30(2)24(9-12-31(26,30)37)21-3-6-27(35)39-20-21/h3,6,20,22-26,34,37H,4-5,7-19H2,1-2H3/t22-,23+,24-,25+,26-,29+,30-,31+/m1/s1. The lowest BCUT2D eigenvalue weighted by Crippen LogP contribution is -2.63. The van der Waals surface area contributed by atoms with Gasteiger partial charge in [-0.3, -0.25) is 0 Å². The number of urea groups is 1. The number of ether oxygens (including phenoxy) is 1. The van der Waals surface area contributed by atoms with Crippen molar-refractivity contribution in [1.29, 1.82) is 0 Å². The molecule has 0 unspecified atom stereocenters. The summed E-state index contributed by atoms with van der Waals surface area (Å²) in [6, 6.07) is 3.61. The molecule has 4 aliphatic carbocycles. The molecule has 8 nitrogen and oxygen atoms in total. The van der Waals surface area contributed by atoms with Crippen molar-refractivity contribution in [1.82, 2.24) is 9.80 Å². The van der Waals surface area contributed by atoms with Crippen molar-refractivity contribution in [2.45, 2.75) is 89.2 Å². The van der Waals surface area contributed by atoms with Gasteiger partial charge in [0.25, 0.3) is 0 Å². The summed E-state index contributed by atoms with van der Waals surface area (Å²) in [6.07, 6.45) is 10.5. The fourth-order valence-electron chi connectivity index (χ4n) is 10.1. The van der Waals surface area contributed by atoms with Gasteiger partial charge in [-0.25, -0.2) is 9.59 Å². The second kappa shape index (κ2) is 10.2. The fraction of sp³-hybridized carbons (Fsp3) is 0.806. The highest BCUT2D eigenvalue weighted by molar-refractivity contribution is 5.75. The minimum Gasteiger partial charge on any atom is -0.431 e. The molecule has 5 fully saturated rings. The van der Waals surface area contributed by atoms with Crippen molar-refractivity contribution in [3.8, 4) is 0 Å². The topological polar surface area (TPSA) is 103 Å². The highest BCUT2D eigenvalue weighted by Crippen LogP contribution is 2.70. The smallest absolute Gasteiger partial charge is 0.335 e. The molecule has 216 valence electrons. The normalized spacial score (nSPS) is 41.8. The third kappa shape index (κ3) is 4.27. The zero-order valence-corrected chi connectivity index (χ0v) is 23.6. The van der Waals surface area contributed by atoms with E-state index in [2.05, 4.69) is 13.8 Å². The number of hydrogen-bond acceptors (Lipinski definition) is 6. The van der Waals surface area contributed by atoms with Crippen LogP contribution < -0.4 is 5.63 Å². The Morgan fingerprint density at radius 2 is 1.85 bits per heavy atom. The van der Waals surface area contributed by atoms with Gasteiger partial charge in [0.1, 0.15) is 0 Å². The summed E-state index contributed by atoms with van der Waals surface area (Å²) in [4.78, 5) is 28.9. The number of aliphatic hydroxyl groups excluding tert-OH is 1. The maximum atomic E-state index is 13.5. The van der Waals surface area contributed by atoms with Crippen molar-refractivity contribution >= 4 is 6.03 Å². The van der Waals surface area contributed by atoms with Crippen molar-refractivity contribution in [3.05, 3.63) is 34.4 Å². The molecular weight excluding hydrogens is 496 g/mol. The lowest BCUT2D eigenvalue weighted by Gasteiger charge is -2.64. The molecular formula is C31H46N2O6. The molecule has 4 saturated carbocycles. The van der Waals surface area contributed by atoms with Crippen LogP contribution in [0.5, 0.6) is 0 Å². The first kappa shape index (κ1) is 27.3. The van der Waals surface area contributed by atoms with E-state index in [9.17, 15) is 19.8 Å². The molecule has 1 aromatic rings. The van der Waals surface area contributed by atoms with Gasteiger partial charge in [0.15, 0.2) is 0 Å².